The molecule has 9 nitrogen and oxygen atoms in total. The number of halogens is 2. The highest BCUT2D eigenvalue weighted by Crippen LogP contribution is 2.31. The van der Waals surface area contributed by atoms with E-state index in [0.29, 0.717) is 74.3 Å². The molecule has 0 aromatic carbocycles. The van der Waals surface area contributed by atoms with Crippen LogP contribution in [0.1, 0.15) is 19.3 Å². The number of rotatable bonds is 9. The molecule has 2 aromatic rings. The number of anilines is 2. The fourth-order valence-electron chi connectivity index (χ4n) is 4.44. The van der Waals surface area contributed by atoms with Gasteiger partial charge in [0.2, 0.25) is 5.91 Å². The van der Waals surface area contributed by atoms with Gasteiger partial charge in [0.15, 0.2) is 11.6 Å². The van der Waals surface area contributed by atoms with Crippen LogP contribution in [0.5, 0.6) is 0 Å². The van der Waals surface area contributed by atoms with Gasteiger partial charge in [0.25, 0.3) is 0 Å². The zero-order valence-corrected chi connectivity index (χ0v) is 20.7. The summed E-state index contributed by atoms with van der Waals surface area (Å²) in [4.78, 5) is 21.4. The molecule has 1 amide bonds. The molecule has 2 atom stereocenters. The van der Waals surface area contributed by atoms with Crippen LogP contribution in [0.2, 0.25) is 5.02 Å². The Morgan fingerprint density at radius 1 is 1.34 bits per heavy atom. The molecule has 2 aliphatic rings. The number of methoxy groups -OCH3 is 2. The number of nitrogens with zero attached hydrogens (tertiary/aromatic N) is 2. The van der Waals surface area contributed by atoms with E-state index in [1.165, 1.54) is 12.3 Å². The third-order valence-electron chi connectivity index (χ3n) is 6.60. The number of carbonyl (C=O) groups excluding carboxylic acids is 1. The second-order valence-electron chi connectivity index (χ2n) is 8.91. The molecule has 2 aromatic heterocycles. The summed E-state index contributed by atoms with van der Waals surface area (Å²) in [5.41, 5.74) is 0.554. The minimum atomic E-state index is -0.481. The molecule has 0 aliphatic carbocycles. The van der Waals surface area contributed by atoms with Crippen molar-refractivity contribution in [3.05, 3.63) is 35.2 Å². The summed E-state index contributed by atoms with van der Waals surface area (Å²) in [7, 11) is 3.29. The summed E-state index contributed by atoms with van der Waals surface area (Å²) in [6.45, 7) is 2.71. The molecule has 3 N–H and O–H groups in total. The van der Waals surface area contributed by atoms with Crippen LogP contribution in [0.15, 0.2) is 24.4 Å². The first-order chi connectivity index (χ1) is 16.9. The van der Waals surface area contributed by atoms with Gasteiger partial charge < -0.3 is 30.2 Å². The van der Waals surface area contributed by atoms with Crippen molar-refractivity contribution in [2.24, 2.45) is 5.92 Å². The average molecular weight is 508 g/mol. The molecule has 0 spiro atoms. The summed E-state index contributed by atoms with van der Waals surface area (Å²) in [5.74, 6) is -0.345. The highest BCUT2D eigenvalue weighted by molar-refractivity contribution is 6.33. The van der Waals surface area contributed by atoms with Gasteiger partial charge in [-0.25, -0.2) is 14.4 Å². The molecule has 4 heterocycles. The number of carbonyl (C=O) groups is 1. The van der Waals surface area contributed by atoms with Crippen LogP contribution < -0.4 is 16.0 Å². The van der Waals surface area contributed by atoms with Crippen LogP contribution in [-0.4, -0.2) is 74.6 Å². The zero-order valence-electron chi connectivity index (χ0n) is 19.9. The molecular weight excluding hydrogens is 477 g/mol. The van der Waals surface area contributed by atoms with Crippen molar-refractivity contribution >= 4 is 29.1 Å². The molecular formula is C24H31ClFN5O4. The maximum Gasteiger partial charge on any atom is 0.229 e. The van der Waals surface area contributed by atoms with E-state index in [1.54, 1.807) is 26.4 Å². The predicted molar refractivity (Wildman–Crippen MR) is 131 cm³/mol. The topological polar surface area (TPSA) is 107 Å². The van der Waals surface area contributed by atoms with Crippen LogP contribution >= 0.6 is 11.6 Å². The van der Waals surface area contributed by atoms with Gasteiger partial charge in [-0.15, -0.1) is 0 Å². The number of pyridine rings is 2. The molecule has 190 valence electrons. The monoisotopic (exact) mass is 507 g/mol. The molecule has 35 heavy (non-hydrogen) atoms. The van der Waals surface area contributed by atoms with E-state index in [0.717, 1.165) is 0 Å². The van der Waals surface area contributed by atoms with Crippen LogP contribution in [0, 0.1) is 11.7 Å². The number of amides is 1. The minimum Gasteiger partial charge on any atom is -0.383 e. The van der Waals surface area contributed by atoms with Crippen molar-refractivity contribution in [2.45, 2.75) is 30.9 Å². The first-order valence-corrected chi connectivity index (χ1v) is 12.0. The Balaban J connectivity index is 1.47. The second-order valence-corrected chi connectivity index (χ2v) is 9.32. The van der Waals surface area contributed by atoms with Crippen molar-refractivity contribution in [2.75, 3.05) is 57.8 Å². The Morgan fingerprint density at radius 2 is 2.14 bits per heavy atom. The largest absolute Gasteiger partial charge is 0.383 e. The van der Waals surface area contributed by atoms with E-state index in [4.69, 9.17) is 25.8 Å². The van der Waals surface area contributed by atoms with E-state index in [-0.39, 0.29) is 23.7 Å². The summed E-state index contributed by atoms with van der Waals surface area (Å²) >= 11 is 6.40. The van der Waals surface area contributed by atoms with Gasteiger partial charge in [-0.1, -0.05) is 11.6 Å². The normalized spacial score (nSPS) is 21.6. The second kappa shape index (κ2) is 11.6. The van der Waals surface area contributed by atoms with Gasteiger partial charge in [0.05, 0.1) is 28.8 Å². The van der Waals surface area contributed by atoms with Crippen molar-refractivity contribution < 1.29 is 23.4 Å². The van der Waals surface area contributed by atoms with Gasteiger partial charge >= 0.3 is 0 Å². The lowest BCUT2D eigenvalue weighted by atomic mass is 9.94. The summed E-state index contributed by atoms with van der Waals surface area (Å²) < 4.78 is 30.9. The summed E-state index contributed by atoms with van der Waals surface area (Å²) in [6, 6.07) is 4.68. The molecule has 0 saturated carbocycles. The van der Waals surface area contributed by atoms with Gasteiger partial charge in [-0.2, -0.15) is 0 Å². The van der Waals surface area contributed by atoms with Crippen molar-refractivity contribution in [1.29, 1.82) is 0 Å². The Labute approximate surface area is 209 Å². The maximum atomic E-state index is 14.6. The van der Waals surface area contributed by atoms with E-state index < -0.39 is 11.4 Å². The molecule has 2 saturated heterocycles. The quantitative estimate of drug-likeness (QED) is 0.475. The Kier molecular flexibility index (Phi) is 8.51. The fourth-order valence-corrected chi connectivity index (χ4v) is 4.64. The lowest BCUT2D eigenvalue weighted by molar-refractivity contribution is -0.119. The lowest BCUT2D eigenvalue weighted by Gasteiger charge is -2.36. The number of nitrogens with one attached hydrogen (secondary N) is 3. The third kappa shape index (κ3) is 6.25. The predicted octanol–water partition coefficient (Wildman–Crippen LogP) is 3.11. The third-order valence-corrected chi connectivity index (χ3v) is 6.91. The number of hydrogen-bond acceptors (Lipinski definition) is 8. The molecule has 4 rings (SSSR count). The van der Waals surface area contributed by atoms with E-state index in [1.807, 2.05) is 0 Å². The number of ether oxygens (including phenoxy) is 3. The van der Waals surface area contributed by atoms with Crippen molar-refractivity contribution in [3.8, 4) is 11.3 Å². The first kappa shape index (κ1) is 25.7. The van der Waals surface area contributed by atoms with E-state index in [2.05, 4.69) is 25.9 Å². The molecule has 0 radical (unpaired) electrons. The summed E-state index contributed by atoms with van der Waals surface area (Å²) in [5, 5.41) is 9.57. The summed E-state index contributed by atoms with van der Waals surface area (Å²) in [6.07, 6.45) is 3.55. The zero-order chi connectivity index (χ0) is 24.8. The molecule has 11 heteroatoms. The standard InChI is InChI=1S/C24H31ClFN5O4/c1-33-13-16-9-15(11-27-16)23(32)31-21-10-17(18(25)12-28-21)20-4-3-19(26)22(30-20)29-14-24(34-2)5-7-35-8-6-24/h3-4,10,12,15-16,27H,5-9,11,13-14H2,1-2H3,(H,29,30)(H,28,31,32)/t15-,16+/m1/s1. The Morgan fingerprint density at radius 3 is 2.89 bits per heavy atom. The Bertz CT molecular complexity index is 1040. The van der Waals surface area contributed by atoms with Gasteiger partial charge in [-0.3, -0.25) is 4.79 Å². The highest BCUT2D eigenvalue weighted by Gasteiger charge is 2.33. The van der Waals surface area contributed by atoms with Crippen LogP contribution in [0.3, 0.4) is 0 Å². The minimum absolute atomic E-state index is 0.102. The van der Waals surface area contributed by atoms with Gasteiger partial charge in [0, 0.05) is 71.2 Å². The van der Waals surface area contributed by atoms with Gasteiger partial charge in [-0.05, 0) is 24.6 Å². The fraction of sp³-hybridized carbons (Fsp3) is 0.542. The number of hydrogen-bond donors (Lipinski definition) is 3. The molecule has 2 aliphatic heterocycles. The van der Waals surface area contributed by atoms with Crippen LogP contribution in [-0.2, 0) is 19.0 Å². The number of aromatic nitrogens is 2. The van der Waals surface area contributed by atoms with Crippen molar-refractivity contribution in [1.82, 2.24) is 15.3 Å². The first-order valence-electron chi connectivity index (χ1n) is 11.7. The SMILES string of the molecule is COC[C@@H]1C[C@@H](C(=O)Nc2cc(-c3ccc(F)c(NCC4(OC)CCOCC4)n3)c(Cl)cn2)CN1. The maximum absolute atomic E-state index is 14.6. The molecule has 2 fully saturated rings. The van der Waals surface area contributed by atoms with E-state index >= 15 is 0 Å². The van der Waals surface area contributed by atoms with Crippen LogP contribution in [0.4, 0.5) is 16.0 Å². The van der Waals surface area contributed by atoms with Gasteiger partial charge in [0.1, 0.15) is 5.82 Å². The Hall–Kier alpha value is -2.37. The molecule has 0 bridgehead atoms. The van der Waals surface area contributed by atoms with E-state index in [9.17, 15) is 9.18 Å². The van der Waals surface area contributed by atoms with Crippen LogP contribution in [0.25, 0.3) is 11.3 Å². The molecule has 0 unspecified atom stereocenters. The average Bonchev–Trinajstić information content (AvgIpc) is 3.34. The van der Waals surface area contributed by atoms with Crippen molar-refractivity contribution in [3.63, 3.8) is 0 Å². The smallest absolute Gasteiger partial charge is 0.229 e. The highest BCUT2D eigenvalue weighted by atomic mass is 35.5. The lowest BCUT2D eigenvalue weighted by Crippen LogP contribution is -2.44.